The fourth-order valence-corrected chi connectivity index (χ4v) is 0.531. The standard InChI is InChI=1S/C7H14O/c1-3-5-6-7(8)4-2/h4,7-8H,2-3,5-6H2,1H3/t7-/m0/s1. The summed E-state index contributed by atoms with van der Waals surface area (Å²) in [6, 6.07) is 0. The lowest BCUT2D eigenvalue weighted by molar-refractivity contribution is 0.209. The monoisotopic (exact) mass is 114 g/mol. The van der Waals surface area contributed by atoms with Crippen LogP contribution in [0.1, 0.15) is 26.2 Å². The summed E-state index contributed by atoms with van der Waals surface area (Å²) in [4.78, 5) is 0. The van der Waals surface area contributed by atoms with Crippen LogP contribution in [-0.4, -0.2) is 11.2 Å². The van der Waals surface area contributed by atoms with E-state index >= 15 is 0 Å². The molecule has 0 heterocycles. The Bertz CT molecular complexity index is 59.4. The van der Waals surface area contributed by atoms with Gasteiger partial charge in [0.1, 0.15) is 0 Å². The highest BCUT2D eigenvalue weighted by atomic mass is 16.3. The second-order valence-electron chi connectivity index (χ2n) is 1.95. The van der Waals surface area contributed by atoms with Gasteiger partial charge < -0.3 is 5.11 Å². The molecule has 0 spiro atoms. The SMILES string of the molecule is C=C[C@H](O)CCCC. The van der Waals surface area contributed by atoms with Crippen LogP contribution in [0.25, 0.3) is 0 Å². The van der Waals surface area contributed by atoms with E-state index in [0.29, 0.717) is 0 Å². The Balaban J connectivity index is 2.98. The summed E-state index contributed by atoms with van der Waals surface area (Å²) in [5.41, 5.74) is 0. The summed E-state index contributed by atoms with van der Waals surface area (Å²) in [6.45, 7) is 5.57. The summed E-state index contributed by atoms with van der Waals surface area (Å²) in [5.74, 6) is 0. The van der Waals surface area contributed by atoms with Gasteiger partial charge in [0, 0.05) is 0 Å². The zero-order valence-electron chi connectivity index (χ0n) is 5.43. The first-order valence-corrected chi connectivity index (χ1v) is 3.12. The molecule has 0 fully saturated rings. The maximum Gasteiger partial charge on any atom is 0.0718 e. The van der Waals surface area contributed by atoms with Gasteiger partial charge in [0.15, 0.2) is 0 Å². The molecule has 0 bridgehead atoms. The van der Waals surface area contributed by atoms with Crippen molar-refractivity contribution in [2.75, 3.05) is 0 Å². The molecule has 1 N–H and O–H groups in total. The van der Waals surface area contributed by atoms with E-state index in [1.54, 1.807) is 6.08 Å². The minimum absolute atomic E-state index is 0.282. The summed E-state index contributed by atoms with van der Waals surface area (Å²) < 4.78 is 0. The number of hydrogen-bond donors (Lipinski definition) is 1. The van der Waals surface area contributed by atoms with Gasteiger partial charge in [-0.25, -0.2) is 0 Å². The van der Waals surface area contributed by atoms with Crippen LogP contribution in [0.3, 0.4) is 0 Å². The van der Waals surface area contributed by atoms with Gasteiger partial charge in [-0.05, 0) is 6.42 Å². The van der Waals surface area contributed by atoms with Gasteiger partial charge in [0.05, 0.1) is 6.10 Å². The molecule has 1 heteroatoms. The van der Waals surface area contributed by atoms with Crippen molar-refractivity contribution in [3.8, 4) is 0 Å². The van der Waals surface area contributed by atoms with Gasteiger partial charge in [0.25, 0.3) is 0 Å². The molecular weight excluding hydrogens is 100 g/mol. The van der Waals surface area contributed by atoms with Gasteiger partial charge in [-0.3, -0.25) is 0 Å². The van der Waals surface area contributed by atoms with E-state index in [1.165, 1.54) is 0 Å². The number of unbranched alkanes of at least 4 members (excludes halogenated alkanes) is 1. The Morgan fingerprint density at radius 2 is 2.38 bits per heavy atom. The zero-order chi connectivity index (χ0) is 6.41. The van der Waals surface area contributed by atoms with E-state index < -0.39 is 0 Å². The fourth-order valence-electron chi connectivity index (χ4n) is 0.531. The van der Waals surface area contributed by atoms with E-state index in [9.17, 15) is 0 Å². The Labute approximate surface area is 51.0 Å². The van der Waals surface area contributed by atoms with Crippen molar-refractivity contribution < 1.29 is 5.11 Å². The molecule has 0 aromatic rings. The Kier molecular flexibility index (Phi) is 4.67. The predicted molar refractivity (Wildman–Crippen MR) is 35.7 cm³/mol. The van der Waals surface area contributed by atoms with Gasteiger partial charge in [-0.2, -0.15) is 0 Å². The maximum atomic E-state index is 8.87. The normalized spacial score (nSPS) is 13.2. The quantitative estimate of drug-likeness (QED) is 0.552. The molecule has 0 aromatic carbocycles. The predicted octanol–water partition coefficient (Wildman–Crippen LogP) is 1.72. The number of rotatable bonds is 4. The molecule has 0 amide bonds. The van der Waals surface area contributed by atoms with Crippen molar-refractivity contribution in [1.82, 2.24) is 0 Å². The largest absolute Gasteiger partial charge is 0.389 e. The van der Waals surface area contributed by atoms with Crippen molar-refractivity contribution in [3.63, 3.8) is 0 Å². The van der Waals surface area contributed by atoms with Crippen LogP contribution < -0.4 is 0 Å². The first kappa shape index (κ1) is 7.70. The molecule has 1 atom stereocenters. The van der Waals surface area contributed by atoms with Crippen LogP contribution in [-0.2, 0) is 0 Å². The number of hydrogen-bond acceptors (Lipinski definition) is 1. The van der Waals surface area contributed by atoms with Crippen molar-refractivity contribution in [2.45, 2.75) is 32.3 Å². The van der Waals surface area contributed by atoms with E-state index in [2.05, 4.69) is 13.5 Å². The van der Waals surface area contributed by atoms with E-state index in [-0.39, 0.29) is 6.10 Å². The highest BCUT2D eigenvalue weighted by Crippen LogP contribution is 1.99. The summed E-state index contributed by atoms with van der Waals surface area (Å²) in [6.07, 6.45) is 4.39. The number of aliphatic hydroxyl groups is 1. The Morgan fingerprint density at radius 3 is 2.75 bits per heavy atom. The third-order valence-electron chi connectivity index (χ3n) is 1.13. The van der Waals surface area contributed by atoms with E-state index in [0.717, 1.165) is 19.3 Å². The molecule has 0 aliphatic rings. The minimum Gasteiger partial charge on any atom is -0.389 e. The minimum atomic E-state index is -0.282. The second-order valence-corrected chi connectivity index (χ2v) is 1.95. The average Bonchev–Trinajstić information content (AvgIpc) is 1.83. The lowest BCUT2D eigenvalue weighted by Gasteiger charge is -2.00. The third-order valence-corrected chi connectivity index (χ3v) is 1.13. The molecule has 8 heavy (non-hydrogen) atoms. The molecular formula is C7H14O. The molecule has 0 saturated carbocycles. The third kappa shape index (κ3) is 3.88. The Hall–Kier alpha value is -0.300. The summed E-state index contributed by atoms with van der Waals surface area (Å²) in [7, 11) is 0. The highest BCUT2D eigenvalue weighted by Gasteiger charge is 1.93. The summed E-state index contributed by atoms with van der Waals surface area (Å²) in [5, 5.41) is 8.87. The van der Waals surface area contributed by atoms with Crippen LogP contribution in [0.15, 0.2) is 12.7 Å². The fraction of sp³-hybridized carbons (Fsp3) is 0.714. The average molecular weight is 114 g/mol. The molecule has 0 aliphatic heterocycles. The van der Waals surface area contributed by atoms with Crippen molar-refractivity contribution in [3.05, 3.63) is 12.7 Å². The molecule has 0 unspecified atom stereocenters. The Morgan fingerprint density at radius 1 is 1.75 bits per heavy atom. The highest BCUT2D eigenvalue weighted by molar-refractivity contribution is 4.76. The molecule has 1 nitrogen and oxygen atoms in total. The van der Waals surface area contributed by atoms with Crippen LogP contribution in [0.4, 0.5) is 0 Å². The molecule has 0 rings (SSSR count). The van der Waals surface area contributed by atoms with Crippen molar-refractivity contribution >= 4 is 0 Å². The lowest BCUT2D eigenvalue weighted by atomic mass is 10.2. The smallest absolute Gasteiger partial charge is 0.0718 e. The van der Waals surface area contributed by atoms with Gasteiger partial charge in [0.2, 0.25) is 0 Å². The lowest BCUT2D eigenvalue weighted by Crippen LogP contribution is -1.99. The van der Waals surface area contributed by atoms with Crippen LogP contribution in [0.5, 0.6) is 0 Å². The maximum absolute atomic E-state index is 8.87. The van der Waals surface area contributed by atoms with Gasteiger partial charge >= 0.3 is 0 Å². The van der Waals surface area contributed by atoms with Crippen LogP contribution in [0.2, 0.25) is 0 Å². The van der Waals surface area contributed by atoms with Gasteiger partial charge in [-0.1, -0.05) is 25.8 Å². The summed E-state index contributed by atoms with van der Waals surface area (Å²) >= 11 is 0. The molecule has 0 radical (unpaired) electrons. The first-order chi connectivity index (χ1) is 3.81. The van der Waals surface area contributed by atoms with Crippen LogP contribution >= 0.6 is 0 Å². The van der Waals surface area contributed by atoms with Crippen molar-refractivity contribution in [2.24, 2.45) is 0 Å². The molecule has 0 saturated heterocycles. The van der Waals surface area contributed by atoms with E-state index in [1.807, 2.05) is 0 Å². The first-order valence-electron chi connectivity index (χ1n) is 3.12. The van der Waals surface area contributed by atoms with E-state index in [4.69, 9.17) is 5.11 Å². The molecule has 0 aliphatic carbocycles. The molecule has 0 aromatic heterocycles. The molecule has 48 valence electrons. The second kappa shape index (κ2) is 4.85. The number of aliphatic hydroxyl groups excluding tert-OH is 1. The van der Waals surface area contributed by atoms with Gasteiger partial charge in [-0.15, -0.1) is 6.58 Å². The topological polar surface area (TPSA) is 20.2 Å². The van der Waals surface area contributed by atoms with Crippen molar-refractivity contribution in [1.29, 1.82) is 0 Å². The van der Waals surface area contributed by atoms with Crippen LogP contribution in [0, 0.1) is 0 Å². The zero-order valence-corrected chi connectivity index (χ0v) is 5.43.